The Hall–Kier alpha value is -3.02. The van der Waals surface area contributed by atoms with E-state index < -0.39 is 0 Å². The van der Waals surface area contributed by atoms with Crippen molar-refractivity contribution in [3.63, 3.8) is 0 Å². The van der Waals surface area contributed by atoms with Crippen molar-refractivity contribution in [2.24, 2.45) is 0 Å². The lowest BCUT2D eigenvalue weighted by molar-refractivity contribution is -0.131. The highest BCUT2D eigenvalue weighted by Gasteiger charge is 2.24. The number of amides is 2. The minimum absolute atomic E-state index is 0.0345. The normalized spacial score (nSPS) is 14.8. The van der Waals surface area contributed by atoms with Crippen molar-refractivity contribution < 1.29 is 19.8 Å². The lowest BCUT2D eigenvalue weighted by Crippen LogP contribution is -2.46. The van der Waals surface area contributed by atoms with Gasteiger partial charge in [-0.15, -0.1) is 0 Å². The monoisotopic (exact) mass is 354 g/mol. The first-order valence-corrected chi connectivity index (χ1v) is 8.67. The smallest absolute Gasteiger partial charge is 0.251 e. The van der Waals surface area contributed by atoms with Crippen LogP contribution < -0.4 is 5.32 Å². The Morgan fingerprint density at radius 1 is 1.00 bits per heavy atom. The van der Waals surface area contributed by atoms with Crippen LogP contribution >= 0.6 is 0 Å². The molecular weight excluding hydrogens is 332 g/mol. The van der Waals surface area contributed by atoms with Gasteiger partial charge < -0.3 is 20.4 Å². The number of phenols is 2. The van der Waals surface area contributed by atoms with Crippen LogP contribution in [0.5, 0.6) is 11.5 Å². The van der Waals surface area contributed by atoms with Crippen LogP contribution in [0.3, 0.4) is 0 Å². The van der Waals surface area contributed by atoms with E-state index in [1.807, 2.05) is 35.2 Å². The molecule has 1 aliphatic rings. The Balaban J connectivity index is 1.50. The summed E-state index contributed by atoms with van der Waals surface area (Å²) in [4.78, 5) is 26.5. The second-order valence-electron chi connectivity index (χ2n) is 6.53. The van der Waals surface area contributed by atoms with E-state index in [1.54, 1.807) is 0 Å². The fraction of sp³-hybridized carbons (Fsp3) is 0.300. The standard InChI is InChI=1S/C20H22N2O4/c23-17-11-15(12-18(24)13-17)20(26)21-16-6-8-22(9-7-16)19(25)10-14-4-2-1-3-5-14/h1-5,11-13,16,23-24H,6-10H2,(H,21,26). The van der Waals surface area contributed by atoms with E-state index in [9.17, 15) is 19.8 Å². The molecule has 0 atom stereocenters. The molecule has 1 saturated heterocycles. The third-order valence-electron chi connectivity index (χ3n) is 4.55. The third kappa shape index (κ3) is 4.53. The predicted octanol–water partition coefficient (Wildman–Crippen LogP) is 2.06. The average molecular weight is 354 g/mol. The molecule has 0 aliphatic carbocycles. The summed E-state index contributed by atoms with van der Waals surface area (Å²) in [5.41, 5.74) is 1.21. The molecule has 1 heterocycles. The third-order valence-corrected chi connectivity index (χ3v) is 4.55. The second kappa shape index (κ2) is 7.91. The summed E-state index contributed by atoms with van der Waals surface area (Å²) in [5, 5.41) is 21.9. The summed E-state index contributed by atoms with van der Waals surface area (Å²) in [6.07, 6.45) is 1.74. The zero-order chi connectivity index (χ0) is 18.5. The van der Waals surface area contributed by atoms with Crippen molar-refractivity contribution in [2.75, 3.05) is 13.1 Å². The quantitative estimate of drug-likeness (QED) is 0.784. The van der Waals surface area contributed by atoms with Crippen LogP contribution in [0.1, 0.15) is 28.8 Å². The molecule has 2 aromatic rings. The van der Waals surface area contributed by atoms with Crippen LogP contribution in [0.25, 0.3) is 0 Å². The van der Waals surface area contributed by atoms with Crippen LogP contribution in [0, 0.1) is 0 Å². The van der Waals surface area contributed by atoms with Crippen molar-refractivity contribution in [3.8, 4) is 11.5 Å². The van der Waals surface area contributed by atoms with E-state index in [0.29, 0.717) is 32.4 Å². The summed E-state index contributed by atoms with van der Waals surface area (Å²) >= 11 is 0. The van der Waals surface area contributed by atoms with Gasteiger partial charge in [0.15, 0.2) is 0 Å². The number of carbonyl (C=O) groups excluding carboxylic acids is 2. The van der Waals surface area contributed by atoms with Gasteiger partial charge >= 0.3 is 0 Å². The van der Waals surface area contributed by atoms with Crippen LogP contribution in [0.4, 0.5) is 0 Å². The Labute approximate surface area is 152 Å². The SMILES string of the molecule is O=C(NC1CCN(C(=O)Cc2ccccc2)CC1)c1cc(O)cc(O)c1. The number of likely N-dealkylation sites (tertiary alicyclic amines) is 1. The molecule has 0 radical (unpaired) electrons. The first-order valence-electron chi connectivity index (χ1n) is 8.67. The van der Waals surface area contributed by atoms with Gasteiger partial charge in [-0.3, -0.25) is 9.59 Å². The van der Waals surface area contributed by atoms with Gasteiger partial charge in [0.05, 0.1) is 6.42 Å². The highest BCUT2D eigenvalue weighted by Crippen LogP contribution is 2.21. The number of carbonyl (C=O) groups is 2. The molecule has 2 aromatic carbocycles. The van der Waals surface area contributed by atoms with E-state index >= 15 is 0 Å². The molecule has 0 aromatic heterocycles. The maximum Gasteiger partial charge on any atom is 0.251 e. The molecule has 1 aliphatic heterocycles. The van der Waals surface area contributed by atoms with Gasteiger partial charge in [0, 0.05) is 30.8 Å². The van der Waals surface area contributed by atoms with Crippen molar-refractivity contribution in [3.05, 3.63) is 59.7 Å². The van der Waals surface area contributed by atoms with Crippen LogP contribution in [-0.2, 0) is 11.2 Å². The number of nitrogens with zero attached hydrogens (tertiary/aromatic N) is 1. The van der Waals surface area contributed by atoms with E-state index in [-0.39, 0.29) is 34.9 Å². The van der Waals surface area contributed by atoms with Gasteiger partial charge in [0.2, 0.25) is 5.91 Å². The van der Waals surface area contributed by atoms with Crippen molar-refractivity contribution in [1.82, 2.24) is 10.2 Å². The second-order valence-corrected chi connectivity index (χ2v) is 6.53. The van der Waals surface area contributed by atoms with Gasteiger partial charge in [-0.2, -0.15) is 0 Å². The first kappa shape index (κ1) is 17.8. The molecule has 2 amide bonds. The highest BCUT2D eigenvalue weighted by atomic mass is 16.3. The maximum absolute atomic E-state index is 12.4. The number of piperidine rings is 1. The predicted molar refractivity (Wildman–Crippen MR) is 97.0 cm³/mol. The number of benzene rings is 2. The Bertz CT molecular complexity index is 763. The van der Waals surface area contributed by atoms with E-state index in [1.165, 1.54) is 18.2 Å². The average Bonchev–Trinajstić information content (AvgIpc) is 2.62. The fourth-order valence-electron chi connectivity index (χ4n) is 3.15. The van der Waals surface area contributed by atoms with Gasteiger partial charge in [-0.1, -0.05) is 30.3 Å². The maximum atomic E-state index is 12.4. The number of nitrogens with one attached hydrogen (secondary N) is 1. The van der Waals surface area contributed by atoms with E-state index in [4.69, 9.17) is 0 Å². The van der Waals surface area contributed by atoms with E-state index in [2.05, 4.69) is 5.32 Å². The summed E-state index contributed by atoms with van der Waals surface area (Å²) in [6.45, 7) is 1.20. The lowest BCUT2D eigenvalue weighted by Gasteiger charge is -2.32. The minimum atomic E-state index is -0.342. The minimum Gasteiger partial charge on any atom is -0.508 e. The molecule has 0 spiro atoms. The zero-order valence-electron chi connectivity index (χ0n) is 14.4. The van der Waals surface area contributed by atoms with Gasteiger partial charge in [-0.05, 0) is 30.5 Å². The highest BCUT2D eigenvalue weighted by molar-refractivity contribution is 5.95. The molecule has 3 N–H and O–H groups in total. The van der Waals surface area contributed by atoms with E-state index in [0.717, 1.165) is 5.56 Å². The summed E-state index contributed by atoms with van der Waals surface area (Å²) in [7, 11) is 0. The lowest BCUT2D eigenvalue weighted by atomic mass is 10.0. The fourth-order valence-corrected chi connectivity index (χ4v) is 3.15. The molecule has 0 saturated carbocycles. The summed E-state index contributed by atoms with van der Waals surface area (Å²) in [6, 6.07) is 13.4. The summed E-state index contributed by atoms with van der Waals surface area (Å²) in [5.74, 6) is -0.558. The zero-order valence-corrected chi connectivity index (χ0v) is 14.4. The van der Waals surface area contributed by atoms with Crippen molar-refractivity contribution in [2.45, 2.75) is 25.3 Å². The Morgan fingerprint density at radius 2 is 1.62 bits per heavy atom. The van der Waals surface area contributed by atoms with Gasteiger partial charge in [0.25, 0.3) is 5.91 Å². The number of rotatable bonds is 4. The molecule has 6 nitrogen and oxygen atoms in total. The van der Waals surface area contributed by atoms with Crippen molar-refractivity contribution in [1.29, 1.82) is 0 Å². The molecule has 0 bridgehead atoms. The number of phenolic OH excluding ortho intramolecular Hbond substituents is 2. The van der Waals surface area contributed by atoms with Crippen molar-refractivity contribution >= 4 is 11.8 Å². The largest absolute Gasteiger partial charge is 0.508 e. The molecular formula is C20H22N2O4. The molecule has 6 heteroatoms. The Kier molecular flexibility index (Phi) is 5.41. The molecule has 26 heavy (non-hydrogen) atoms. The molecule has 1 fully saturated rings. The van der Waals surface area contributed by atoms with Gasteiger partial charge in [-0.25, -0.2) is 0 Å². The first-order chi connectivity index (χ1) is 12.5. The topological polar surface area (TPSA) is 89.9 Å². The molecule has 3 rings (SSSR count). The van der Waals surface area contributed by atoms with Crippen LogP contribution in [0.2, 0.25) is 0 Å². The van der Waals surface area contributed by atoms with Gasteiger partial charge in [0.1, 0.15) is 11.5 Å². The number of aromatic hydroxyl groups is 2. The van der Waals surface area contributed by atoms with Crippen LogP contribution in [-0.4, -0.2) is 46.1 Å². The number of hydrogen-bond donors (Lipinski definition) is 3. The number of hydrogen-bond acceptors (Lipinski definition) is 4. The molecule has 0 unspecified atom stereocenters. The van der Waals surface area contributed by atoms with Crippen LogP contribution in [0.15, 0.2) is 48.5 Å². The Morgan fingerprint density at radius 3 is 2.23 bits per heavy atom. The molecule has 136 valence electrons. The summed E-state index contributed by atoms with van der Waals surface area (Å²) < 4.78 is 0.